The normalized spacial score (nSPS) is 18.4. The largest absolute Gasteiger partial charge is 0.377 e. The number of benzene rings is 1. The van der Waals surface area contributed by atoms with Crippen LogP contribution in [0.25, 0.3) is 0 Å². The number of rotatable bonds is 1. The van der Waals surface area contributed by atoms with Crippen LogP contribution in [0.4, 0.5) is 0 Å². The van der Waals surface area contributed by atoms with E-state index in [0.29, 0.717) is 13.2 Å². The van der Waals surface area contributed by atoms with E-state index in [0.717, 1.165) is 5.56 Å². The lowest BCUT2D eigenvalue weighted by Gasteiger charge is -2.35. The van der Waals surface area contributed by atoms with Crippen LogP contribution in [0, 0.1) is 25.2 Å². The third kappa shape index (κ3) is 1.21. The SMILES string of the molecule is Cc1ccc(C2(C#N)COC2)cc1C. The van der Waals surface area contributed by atoms with E-state index >= 15 is 0 Å². The highest BCUT2D eigenvalue weighted by Gasteiger charge is 2.40. The molecule has 0 saturated carbocycles. The maximum absolute atomic E-state index is 9.12. The van der Waals surface area contributed by atoms with Crippen LogP contribution >= 0.6 is 0 Å². The molecule has 72 valence electrons. The van der Waals surface area contributed by atoms with E-state index in [1.165, 1.54) is 11.1 Å². The van der Waals surface area contributed by atoms with Gasteiger partial charge in [-0.2, -0.15) is 5.26 Å². The van der Waals surface area contributed by atoms with Crippen molar-refractivity contribution in [2.45, 2.75) is 19.3 Å². The molecule has 0 spiro atoms. The first kappa shape index (κ1) is 9.23. The standard InChI is InChI=1S/C12H13NO/c1-9-3-4-11(5-10(9)2)12(6-13)7-14-8-12/h3-5H,7-8H2,1-2H3. The fourth-order valence-electron chi connectivity index (χ4n) is 1.64. The first-order valence-corrected chi connectivity index (χ1v) is 4.75. The fourth-order valence-corrected chi connectivity index (χ4v) is 1.64. The van der Waals surface area contributed by atoms with Crippen LogP contribution in [0.15, 0.2) is 18.2 Å². The highest BCUT2D eigenvalue weighted by atomic mass is 16.5. The summed E-state index contributed by atoms with van der Waals surface area (Å²) in [4.78, 5) is 0. The van der Waals surface area contributed by atoms with Gasteiger partial charge in [-0.05, 0) is 30.5 Å². The van der Waals surface area contributed by atoms with E-state index < -0.39 is 0 Å². The van der Waals surface area contributed by atoms with Crippen molar-refractivity contribution in [1.29, 1.82) is 5.26 Å². The second-order valence-electron chi connectivity index (χ2n) is 3.99. The van der Waals surface area contributed by atoms with E-state index in [-0.39, 0.29) is 5.41 Å². The van der Waals surface area contributed by atoms with Gasteiger partial charge in [-0.3, -0.25) is 0 Å². The van der Waals surface area contributed by atoms with Crippen molar-refractivity contribution in [3.05, 3.63) is 34.9 Å². The van der Waals surface area contributed by atoms with Crippen LogP contribution in [-0.4, -0.2) is 13.2 Å². The summed E-state index contributed by atoms with van der Waals surface area (Å²) in [5.74, 6) is 0. The van der Waals surface area contributed by atoms with E-state index in [1.807, 2.05) is 6.07 Å². The minimum atomic E-state index is -0.377. The molecule has 2 rings (SSSR count). The summed E-state index contributed by atoms with van der Waals surface area (Å²) in [6, 6.07) is 8.56. The number of nitrogens with zero attached hydrogens (tertiary/aromatic N) is 1. The minimum absolute atomic E-state index is 0.377. The summed E-state index contributed by atoms with van der Waals surface area (Å²) in [7, 11) is 0. The lowest BCUT2D eigenvalue weighted by Crippen LogP contribution is -2.45. The monoisotopic (exact) mass is 187 g/mol. The van der Waals surface area contributed by atoms with Crippen LogP contribution in [0.5, 0.6) is 0 Å². The van der Waals surface area contributed by atoms with Gasteiger partial charge in [0.15, 0.2) is 0 Å². The molecule has 0 aromatic heterocycles. The molecular weight excluding hydrogens is 174 g/mol. The topological polar surface area (TPSA) is 33.0 Å². The predicted molar refractivity (Wildman–Crippen MR) is 54.0 cm³/mol. The third-order valence-corrected chi connectivity index (χ3v) is 2.97. The molecular formula is C12H13NO. The first-order valence-electron chi connectivity index (χ1n) is 4.75. The van der Waals surface area contributed by atoms with Crippen LogP contribution < -0.4 is 0 Å². The van der Waals surface area contributed by atoms with Gasteiger partial charge in [-0.1, -0.05) is 18.2 Å². The van der Waals surface area contributed by atoms with Crippen LogP contribution in [0.1, 0.15) is 16.7 Å². The second kappa shape index (κ2) is 3.11. The lowest BCUT2D eigenvalue weighted by molar-refractivity contribution is -0.0298. The molecule has 0 atom stereocenters. The van der Waals surface area contributed by atoms with Gasteiger partial charge in [0.2, 0.25) is 0 Å². The van der Waals surface area contributed by atoms with Gasteiger partial charge >= 0.3 is 0 Å². The van der Waals surface area contributed by atoms with Crippen molar-refractivity contribution >= 4 is 0 Å². The molecule has 1 aliphatic heterocycles. The van der Waals surface area contributed by atoms with E-state index in [4.69, 9.17) is 10.00 Å². The predicted octanol–water partition coefficient (Wildman–Crippen LogP) is 2.10. The van der Waals surface area contributed by atoms with Crippen LogP contribution in [-0.2, 0) is 10.2 Å². The summed E-state index contributed by atoms with van der Waals surface area (Å²) in [5, 5.41) is 9.12. The fraction of sp³-hybridized carbons (Fsp3) is 0.417. The maximum Gasteiger partial charge on any atom is 0.129 e. The summed E-state index contributed by atoms with van der Waals surface area (Å²) in [5.41, 5.74) is 3.22. The van der Waals surface area contributed by atoms with Gasteiger partial charge in [0.25, 0.3) is 0 Å². The third-order valence-electron chi connectivity index (χ3n) is 2.97. The lowest BCUT2D eigenvalue weighted by atomic mass is 9.79. The zero-order chi connectivity index (χ0) is 10.2. The Morgan fingerprint density at radius 1 is 1.29 bits per heavy atom. The molecule has 1 aromatic carbocycles. The van der Waals surface area contributed by atoms with Crippen LogP contribution in [0.2, 0.25) is 0 Å². The van der Waals surface area contributed by atoms with Crippen LogP contribution in [0.3, 0.4) is 0 Å². The van der Waals surface area contributed by atoms with Crippen molar-refractivity contribution in [2.24, 2.45) is 0 Å². The Morgan fingerprint density at radius 2 is 2.00 bits per heavy atom. The quantitative estimate of drug-likeness (QED) is 0.674. The summed E-state index contributed by atoms with van der Waals surface area (Å²) in [6.07, 6.45) is 0. The molecule has 1 fully saturated rings. The summed E-state index contributed by atoms with van der Waals surface area (Å²) >= 11 is 0. The molecule has 2 nitrogen and oxygen atoms in total. The van der Waals surface area contributed by atoms with Gasteiger partial charge < -0.3 is 4.74 Å². The molecule has 0 radical (unpaired) electrons. The molecule has 0 aliphatic carbocycles. The number of hydrogen-bond donors (Lipinski definition) is 0. The highest BCUT2D eigenvalue weighted by molar-refractivity contribution is 5.40. The van der Waals surface area contributed by atoms with E-state index in [1.54, 1.807) is 0 Å². The Hall–Kier alpha value is -1.33. The summed E-state index contributed by atoms with van der Waals surface area (Å²) < 4.78 is 5.13. The van der Waals surface area contributed by atoms with Crippen molar-refractivity contribution < 1.29 is 4.74 Å². The van der Waals surface area contributed by atoms with Crippen molar-refractivity contribution in [1.82, 2.24) is 0 Å². The van der Waals surface area contributed by atoms with Crippen molar-refractivity contribution in [3.8, 4) is 6.07 Å². The molecule has 1 heterocycles. The van der Waals surface area contributed by atoms with E-state index in [9.17, 15) is 0 Å². The number of ether oxygens (including phenoxy) is 1. The Labute approximate surface area is 84.1 Å². The number of nitriles is 1. The number of hydrogen-bond acceptors (Lipinski definition) is 2. The smallest absolute Gasteiger partial charge is 0.129 e. The Kier molecular flexibility index (Phi) is 2.05. The minimum Gasteiger partial charge on any atom is -0.377 e. The molecule has 0 bridgehead atoms. The molecule has 1 aromatic rings. The van der Waals surface area contributed by atoms with Crippen molar-refractivity contribution in [3.63, 3.8) is 0 Å². The molecule has 0 N–H and O–H groups in total. The zero-order valence-corrected chi connectivity index (χ0v) is 8.50. The molecule has 14 heavy (non-hydrogen) atoms. The highest BCUT2D eigenvalue weighted by Crippen LogP contribution is 2.32. The van der Waals surface area contributed by atoms with Gasteiger partial charge in [0.05, 0.1) is 19.3 Å². The van der Waals surface area contributed by atoms with Crippen molar-refractivity contribution in [2.75, 3.05) is 13.2 Å². The molecule has 0 amide bonds. The number of aryl methyl sites for hydroxylation is 2. The average molecular weight is 187 g/mol. The zero-order valence-electron chi connectivity index (χ0n) is 8.50. The van der Waals surface area contributed by atoms with Gasteiger partial charge in [-0.15, -0.1) is 0 Å². The molecule has 1 saturated heterocycles. The second-order valence-corrected chi connectivity index (χ2v) is 3.99. The Balaban J connectivity index is 2.42. The summed E-state index contributed by atoms with van der Waals surface area (Å²) in [6.45, 7) is 5.22. The molecule has 0 unspecified atom stereocenters. The Bertz CT molecular complexity index is 399. The first-order chi connectivity index (χ1) is 6.68. The Morgan fingerprint density at radius 3 is 2.43 bits per heavy atom. The average Bonchev–Trinajstić information content (AvgIpc) is 2.10. The van der Waals surface area contributed by atoms with Gasteiger partial charge in [-0.25, -0.2) is 0 Å². The van der Waals surface area contributed by atoms with Gasteiger partial charge in [0.1, 0.15) is 5.41 Å². The molecule has 1 aliphatic rings. The maximum atomic E-state index is 9.12. The van der Waals surface area contributed by atoms with Gasteiger partial charge in [0, 0.05) is 0 Å². The molecule has 2 heteroatoms. The van der Waals surface area contributed by atoms with E-state index in [2.05, 4.69) is 32.0 Å².